The Balaban J connectivity index is 1.44. The Morgan fingerprint density at radius 1 is 0.971 bits per heavy atom. The number of carbonyl (C=O) groups is 1. The molecule has 0 saturated heterocycles. The molecular weight excluding hydrogens is 442 g/mol. The Bertz CT molecular complexity index is 1560. The molecule has 6 rings (SSSR count). The van der Waals surface area contributed by atoms with Crippen LogP contribution in [0.1, 0.15) is 31.7 Å². The first-order valence-electron chi connectivity index (χ1n) is 11.6. The number of fused-ring (bicyclic) bond motifs is 2. The maximum absolute atomic E-state index is 11.4. The van der Waals surface area contributed by atoms with Gasteiger partial charge in [0.05, 0.1) is 34.3 Å². The summed E-state index contributed by atoms with van der Waals surface area (Å²) in [4.78, 5) is 29.4. The molecule has 1 aliphatic rings. The molecule has 1 aromatic carbocycles. The third-order valence-electron chi connectivity index (χ3n) is 6.80. The fourth-order valence-corrected chi connectivity index (χ4v) is 4.94. The molecule has 0 unspecified atom stereocenters. The Morgan fingerprint density at radius 2 is 1.80 bits per heavy atom. The van der Waals surface area contributed by atoms with Crippen LogP contribution in [0.15, 0.2) is 61.1 Å². The zero-order valence-corrected chi connectivity index (χ0v) is 18.9. The van der Waals surface area contributed by atoms with Gasteiger partial charge in [-0.05, 0) is 49.9 Å². The molecule has 1 aliphatic carbocycles. The number of anilines is 1. The topological polar surface area (TPSA) is 133 Å². The van der Waals surface area contributed by atoms with Crippen molar-refractivity contribution in [2.45, 2.75) is 31.7 Å². The van der Waals surface area contributed by atoms with Crippen LogP contribution in [-0.4, -0.2) is 40.8 Å². The van der Waals surface area contributed by atoms with Crippen molar-refractivity contribution in [3.63, 3.8) is 0 Å². The number of aromatic nitrogens is 6. The van der Waals surface area contributed by atoms with E-state index < -0.39 is 5.97 Å². The summed E-state index contributed by atoms with van der Waals surface area (Å²) >= 11 is 0. The van der Waals surface area contributed by atoms with Crippen LogP contribution in [0.5, 0.6) is 0 Å². The number of hydrogen-bond acceptors (Lipinski definition) is 7. The van der Waals surface area contributed by atoms with E-state index in [1.807, 2.05) is 53.2 Å². The average molecular weight is 466 g/mol. The second-order valence-corrected chi connectivity index (χ2v) is 8.91. The van der Waals surface area contributed by atoms with Crippen LogP contribution in [0.2, 0.25) is 0 Å². The van der Waals surface area contributed by atoms with E-state index in [4.69, 9.17) is 15.8 Å². The highest BCUT2D eigenvalue weighted by atomic mass is 16.4. The molecule has 9 heteroatoms. The van der Waals surface area contributed by atoms with E-state index in [0.29, 0.717) is 35.4 Å². The molecule has 0 atom stereocenters. The Morgan fingerprint density at radius 3 is 2.57 bits per heavy atom. The Labute approximate surface area is 200 Å². The predicted molar refractivity (Wildman–Crippen MR) is 132 cm³/mol. The van der Waals surface area contributed by atoms with Gasteiger partial charge in [-0.1, -0.05) is 24.3 Å². The van der Waals surface area contributed by atoms with E-state index in [1.165, 1.54) is 6.33 Å². The first-order valence-corrected chi connectivity index (χ1v) is 11.6. The van der Waals surface area contributed by atoms with Gasteiger partial charge in [-0.25, -0.2) is 19.6 Å². The summed E-state index contributed by atoms with van der Waals surface area (Å²) in [6, 6.07) is 15.8. The number of nitrogen functional groups attached to an aromatic ring is 1. The molecule has 0 bridgehead atoms. The van der Waals surface area contributed by atoms with Gasteiger partial charge in [0.15, 0.2) is 5.65 Å². The highest BCUT2D eigenvalue weighted by Crippen LogP contribution is 2.38. The summed E-state index contributed by atoms with van der Waals surface area (Å²) in [6.45, 7) is 0. The van der Waals surface area contributed by atoms with Gasteiger partial charge in [0.25, 0.3) is 0 Å². The predicted octanol–water partition coefficient (Wildman–Crippen LogP) is 4.50. The normalized spacial score (nSPS) is 18.2. The van der Waals surface area contributed by atoms with Gasteiger partial charge in [0.2, 0.25) is 0 Å². The smallest absolute Gasteiger partial charge is 0.306 e. The summed E-state index contributed by atoms with van der Waals surface area (Å²) < 4.78 is 1.91. The summed E-state index contributed by atoms with van der Waals surface area (Å²) in [7, 11) is 0. The van der Waals surface area contributed by atoms with E-state index in [0.717, 1.165) is 40.7 Å². The van der Waals surface area contributed by atoms with Crippen LogP contribution in [0.3, 0.4) is 0 Å². The van der Waals surface area contributed by atoms with Gasteiger partial charge in [-0.15, -0.1) is 0 Å². The van der Waals surface area contributed by atoms with E-state index >= 15 is 0 Å². The van der Waals surface area contributed by atoms with Crippen molar-refractivity contribution in [2.24, 2.45) is 5.92 Å². The number of aliphatic carboxylic acids is 1. The van der Waals surface area contributed by atoms with Gasteiger partial charge < -0.3 is 10.8 Å². The Hall–Kier alpha value is -4.40. The highest BCUT2D eigenvalue weighted by Gasteiger charge is 2.29. The lowest BCUT2D eigenvalue weighted by Gasteiger charge is -2.26. The molecule has 3 N–H and O–H groups in total. The van der Waals surface area contributed by atoms with Gasteiger partial charge in [0, 0.05) is 17.1 Å². The van der Waals surface area contributed by atoms with Crippen molar-refractivity contribution in [2.75, 3.05) is 5.73 Å². The van der Waals surface area contributed by atoms with Crippen molar-refractivity contribution in [1.29, 1.82) is 0 Å². The SMILES string of the molecule is Nc1ncnc2c1c(-c1ccc3ccc(-c4ccccn4)nc3c1)nn2C1CCC(C(=O)O)CC1. The van der Waals surface area contributed by atoms with Gasteiger partial charge in [-0.2, -0.15) is 5.10 Å². The van der Waals surface area contributed by atoms with Crippen LogP contribution in [0.4, 0.5) is 5.82 Å². The summed E-state index contributed by atoms with van der Waals surface area (Å²) in [6.07, 6.45) is 5.89. The first-order chi connectivity index (χ1) is 17.1. The number of nitrogens with zero attached hydrogens (tertiary/aromatic N) is 6. The van der Waals surface area contributed by atoms with Crippen LogP contribution >= 0.6 is 0 Å². The van der Waals surface area contributed by atoms with Crippen LogP contribution in [0, 0.1) is 5.92 Å². The molecule has 0 spiro atoms. The minimum absolute atomic E-state index is 0.0606. The van der Waals surface area contributed by atoms with E-state index in [9.17, 15) is 9.90 Å². The van der Waals surface area contributed by atoms with E-state index in [1.54, 1.807) is 6.20 Å². The highest BCUT2D eigenvalue weighted by molar-refractivity contribution is 6.00. The molecule has 4 heterocycles. The number of hydrogen-bond donors (Lipinski definition) is 2. The minimum Gasteiger partial charge on any atom is -0.481 e. The van der Waals surface area contributed by atoms with Crippen LogP contribution in [0.25, 0.3) is 44.6 Å². The van der Waals surface area contributed by atoms with E-state index in [2.05, 4.69) is 15.0 Å². The van der Waals surface area contributed by atoms with Crippen molar-refractivity contribution in [3.05, 3.63) is 61.1 Å². The lowest BCUT2D eigenvalue weighted by Crippen LogP contribution is -2.24. The molecule has 1 saturated carbocycles. The van der Waals surface area contributed by atoms with Gasteiger partial charge in [0.1, 0.15) is 17.8 Å². The average Bonchev–Trinajstić information content (AvgIpc) is 3.30. The molecule has 1 fully saturated rings. The fraction of sp³-hybridized carbons (Fsp3) is 0.231. The fourth-order valence-electron chi connectivity index (χ4n) is 4.94. The number of carboxylic acid groups (broad SMARTS) is 1. The molecule has 0 radical (unpaired) electrons. The lowest BCUT2D eigenvalue weighted by atomic mass is 9.86. The van der Waals surface area contributed by atoms with Gasteiger partial charge in [-0.3, -0.25) is 9.78 Å². The molecular formula is C26H23N7O2. The molecule has 4 aromatic heterocycles. The molecule has 35 heavy (non-hydrogen) atoms. The number of nitrogens with two attached hydrogens (primary N) is 1. The standard InChI is InChI=1S/C26H23N7O2/c27-24-22-23(32-33(25(22)30-14-29-24)18-9-6-16(7-10-18)26(34)35)17-5-4-15-8-11-20(31-21(15)13-17)19-3-1-2-12-28-19/h1-5,8,11-14,16,18H,6-7,9-10H2,(H,34,35)(H2,27,29,30). The van der Waals surface area contributed by atoms with Crippen molar-refractivity contribution in [1.82, 2.24) is 29.7 Å². The van der Waals surface area contributed by atoms with Gasteiger partial charge >= 0.3 is 5.97 Å². The van der Waals surface area contributed by atoms with E-state index in [-0.39, 0.29) is 12.0 Å². The number of benzene rings is 1. The van der Waals surface area contributed by atoms with Crippen molar-refractivity contribution < 1.29 is 9.90 Å². The maximum Gasteiger partial charge on any atom is 0.306 e. The van der Waals surface area contributed by atoms with Crippen LogP contribution < -0.4 is 5.73 Å². The second-order valence-electron chi connectivity index (χ2n) is 8.91. The summed E-state index contributed by atoms with van der Waals surface area (Å²) in [5.74, 6) is -0.660. The molecule has 5 aromatic rings. The summed E-state index contributed by atoms with van der Waals surface area (Å²) in [5, 5.41) is 16.0. The largest absolute Gasteiger partial charge is 0.481 e. The lowest BCUT2D eigenvalue weighted by molar-refractivity contribution is -0.143. The van der Waals surface area contributed by atoms with Crippen LogP contribution in [-0.2, 0) is 4.79 Å². The molecule has 0 aliphatic heterocycles. The first kappa shape index (κ1) is 21.2. The maximum atomic E-state index is 11.4. The third-order valence-corrected chi connectivity index (χ3v) is 6.80. The monoisotopic (exact) mass is 465 g/mol. The number of rotatable bonds is 4. The number of pyridine rings is 2. The molecule has 0 amide bonds. The third kappa shape index (κ3) is 3.74. The zero-order valence-electron chi connectivity index (χ0n) is 18.9. The quantitative estimate of drug-likeness (QED) is 0.396. The van der Waals surface area contributed by atoms with Crippen molar-refractivity contribution >= 4 is 33.7 Å². The molecule has 9 nitrogen and oxygen atoms in total. The van der Waals surface area contributed by atoms with Crippen molar-refractivity contribution in [3.8, 4) is 22.6 Å². The summed E-state index contributed by atoms with van der Waals surface area (Å²) in [5.41, 5.74) is 11.0. The second kappa shape index (κ2) is 8.43. The molecule has 174 valence electrons. The zero-order chi connectivity index (χ0) is 23.9. The Kier molecular flexibility index (Phi) is 5.09. The number of carboxylic acids is 1. The minimum atomic E-state index is -0.727.